The third kappa shape index (κ3) is 2.36. The minimum atomic E-state index is 0. The fourth-order valence-electron chi connectivity index (χ4n) is 1.72. The van der Waals surface area contributed by atoms with Crippen molar-refractivity contribution in [3.8, 4) is 0 Å². The van der Waals surface area contributed by atoms with E-state index in [0.29, 0.717) is 6.04 Å². The molecule has 3 nitrogen and oxygen atoms in total. The maximum absolute atomic E-state index is 4.32. The van der Waals surface area contributed by atoms with E-state index in [4.69, 9.17) is 0 Å². The van der Waals surface area contributed by atoms with E-state index in [1.807, 2.05) is 18.3 Å². The number of nitrogens with one attached hydrogen (secondary N) is 1. The van der Waals surface area contributed by atoms with Crippen molar-refractivity contribution in [2.24, 2.45) is 0 Å². The average Bonchev–Trinajstić information content (AvgIpc) is 2.71. The number of pyridine rings is 1. The fraction of sp³-hybridized carbons (Fsp3) is 0.500. The third-order valence-electron chi connectivity index (χ3n) is 2.59. The zero-order chi connectivity index (χ0) is 9.10. The molecule has 1 aromatic heterocycles. The van der Waals surface area contributed by atoms with Crippen LogP contribution in [-0.2, 0) is 0 Å². The molecule has 0 spiro atoms. The van der Waals surface area contributed by atoms with Gasteiger partial charge in [0.15, 0.2) is 0 Å². The number of rotatable bonds is 2. The number of halogens is 1. The molecule has 4 heteroatoms. The van der Waals surface area contributed by atoms with Crippen LogP contribution in [-0.4, -0.2) is 31.2 Å². The SMILES string of the molecule is CN(c1ccccn1)C1CCNC1.Cl. The number of anilines is 1. The summed E-state index contributed by atoms with van der Waals surface area (Å²) in [5.74, 6) is 1.07. The minimum Gasteiger partial charge on any atom is -0.355 e. The highest BCUT2D eigenvalue weighted by atomic mass is 35.5. The lowest BCUT2D eigenvalue weighted by Gasteiger charge is -2.24. The maximum Gasteiger partial charge on any atom is 0.128 e. The minimum absolute atomic E-state index is 0. The zero-order valence-corrected chi connectivity index (χ0v) is 9.13. The van der Waals surface area contributed by atoms with Crippen molar-refractivity contribution in [2.75, 3.05) is 25.0 Å². The Morgan fingerprint density at radius 1 is 1.50 bits per heavy atom. The lowest BCUT2D eigenvalue weighted by atomic mass is 10.2. The van der Waals surface area contributed by atoms with E-state index in [1.54, 1.807) is 0 Å². The van der Waals surface area contributed by atoms with E-state index in [9.17, 15) is 0 Å². The van der Waals surface area contributed by atoms with Crippen molar-refractivity contribution in [1.82, 2.24) is 10.3 Å². The summed E-state index contributed by atoms with van der Waals surface area (Å²) in [5.41, 5.74) is 0. The van der Waals surface area contributed by atoms with E-state index in [1.165, 1.54) is 6.42 Å². The second-order valence-corrected chi connectivity index (χ2v) is 3.45. The molecule has 2 heterocycles. The van der Waals surface area contributed by atoms with Crippen LogP contribution in [0.3, 0.4) is 0 Å². The van der Waals surface area contributed by atoms with Crippen LogP contribution >= 0.6 is 12.4 Å². The summed E-state index contributed by atoms with van der Waals surface area (Å²) in [7, 11) is 2.11. The van der Waals surface area contributed by atoms with Gasteiger partial charge in [-0.25, -0.2) is 4.98 Å². The molecule has 1 N–H and O–H groups in total. The van der Waals surface area contributed by atoms with Gasteiger partial charge in [0.2, 0.25) is 0 Å². The number of hydrogen-bond acceptors (Lipinski definition) is 3. The molecule has 1 aliphatic rings. The molecule has 1 atom stereocenters. The van der Waals surface area contributed by atoms with E-state index in [-0.39, 0.29) is 12.4 Å². The predicted molar refractivity (Wildman–Crippen MR) is 61.2 cm³/mol. The highest BCUT2D eigenvalue weighted by Crippen LogP contribution is 2.14. The Bertz CT molecular complexity index is 259. The second-order valence-electron chi connectivity index (χ2n) is 3.45. The van der Waals surface area contributed by atoms with Crippen molar-refractivity contribution in [3.05, 3.63) is 24.4 Å². The van der Waals surface area contributed by atoms with E-state index in [0.717, 1.165) is 18.9 Å². The van der Waals surface area contributed by atoms with Crippen LogP contribution < -0.4 is 10.2 Å². The third-order valence-corrected chi connectivity index (χ3v) is 2.59. The van der Waals surface area contributed by atoms with Crippen LogP contribution in [0.15, 0.2) is 24.4 Å². The molecule has 1 aliphatic heterocycles. The fourth-order valence-corrected chi connectivity index (χ4v) is 1.72. The van der Waals surface area contributed by atoms with Crippen molar-refractivity contribution >= 4 is 18.2 Å². The summed E-state index contributed by atoms with van der Waals surface area (Å²) in [6, 6.07) is 6.64. The smallest absolute Gasteiger partial charge is 0.128 e. The highest BCUT2D eigenvalue weighted by Gasteiger charge is 2.19. The van der Waals surface area contributed by atoms with Crippen molar-refractivity contribution < 1.29 is 0 Å². The van der Waals surface area contributed by atoms with Gasteiger partial charge in [0, 0.05) is 25.8 Å². The molecule has 1 aromatic rings. The molecule has 2 rings (SSSR count). The van der Waals surface area contributed by atoms with Gasteiger partial charge in [-0.2, -0.15) is 0 Å². The molecule has 1 fully saturated rings. The first-order valence-electron chi connectivity index (χ1n) is 4.72. The topological polar surface area (TPSA) is 28.2 Å². The maximum atomic E-state index is 4.32. The van der Waals surface area contributed by atoms with Crippen LogP contribution in [0.2, 0.25) is 0 Å². The van der Waals surface area contributed by atoms with E-state index in [2.05, 4.69) is 28.3 Å². The Labute approximate surface area is 90.9 Å². The molecule has 0 saturated carbocycles. The number of nitrogens with zero attached hydrogens (tertiary/aromatic N) is 2. The molecule has 0 radical (unpaired) electrons. The summed E-state index contributed by atoms with van der Waals surface area (Å²) in [6.07, 6.45) is 3.06. The monoisotopic (exact) mass is 213 g/mol. The lowest BCUT2D eigenvalue weighted by Crippen LogP contribution is -2.33. The van der Waals surface area contributed by atoms with Crippen molar-refractivity contribution in [1.29, 1.82) is 0 Å². The molecule has 78 valence electrons. The molecule has 0 aromatic carbocycles. The first kappa shape index (κ1) is 11.3. The first-order valence-corrected chi connectivity index (χ1v) is 4.72. The average molecular weight is 214 g/mol. The summed E-state index contributed by atoms with van der Waals surface area (Å²) in [5, 5.41) is 3.35. The Morgan fingerprint density at radius 2 is 2.36 bits per heavy atom. The Balaban J connectivity index is 0.000000980. The normalized spacial score (nSPS) is 20.2. The number of aromatic nitrogens is 1. The summed E-state index contributed by atoms with van der Waals surface area (Å²) >= 11 is 0. The van der Waals surface area contributed by atoms with Crippen molar-refractivity contribution in [2.45, 2.75) is 12.5 Å². The lowest BCUT2D eigenvalue weighted by molar-refractivity contribution is 0.678. The van der Waals surface area contributed by atoms with Gasteiger partial charge in [0.05, 0.1) is 0 Å². The molecule has 1 unspecified atom stereocenters. The Morgan fingerprint density at radius 3 is 2.93 bits per heavy atom. The van der Waals surface area contributed by atoms with Gasteiger partial charge in [-0.3, -0.25) is 0 Å². The molecule has 0 bridgehead atoms. The summed E-state index contributed by atoms with van der Waals surface area (Å²) in [4.78, 5) is 6.57. The van der Waals surface area contributed by atoms with Crippen molar-refractivity contribution in [3.63, 3.8) is 0 Å². The van der Waals surface area contributed by atoms with Gasteiger partial charge in [-0.1, -0.05) is 6.07 Å². The molecule has 0 amide bonds. The van der Waals surface area contributed by atoms with Gasteiger partial charge in [-0.15, -0.1) is 12.4 Å². The standard InChI is InChI=1S/C10H15N3.ClH/c1-13(9-5-7-11-8-9)10-4-2-3-6-12-10;/h2-4,6,9,11H,5,7-8H2,1H3;1H. The van der Waals surface area contributed by atoms with Crippen LogP contribution in [0.4, 0.5) is 5.82 Å². The van der Waals surface area contributed by atoms with Gasteiger partial charge in [0.25, 0.3) is 0 Å². The van der Waals surface area contributed by atoms with Gasteiger partial charge < -0.3 is 10.2 Å². The Kier molecular flexibility index (Phi) is 4.17. The quantitative estimate of drug-likeness (QED) is 0.803. The summed E-state index contributed by atoms with van der Waals surface area (Å²) < 4.78 is 0. The molecule has 1 saturated heterocycles. The predicted octanol–water partition coefficient (Wildman–Crippen LogP) is 1.30. The largest absolute Gasteiger partial charge is 0.355 e. The molecular weight excluding hydrogens is 198 g/mol. The first-order chi connectivity index (χ1) is 6.38. The van der Waals surface area contributed by atoms with Gasteiger partial charge in [-0.05, 0) is 25.1 Å². The van der Waals surface area contributed by atoms with E-state index < -0.39 is 0 Å². The van der Waals surface area contributed by atoms with Crippen LogP contribution in [0.25, 0.3) is 0 Å². The molecule has 14 heavy (non-hydrogen) atoms. The van der Waals surface area contributed by atoms with Gasteiger partial charge in [0.1, 0.15) is 5.82 Å². The second kappa shape index (κ2) is 5.17. The van der Waals surface area contributed by atoms with Crippen LogP contribution in [0.5, 0.6) is 0 Å². The molecular formula is C10H16ClN3. The number of likely N-dealkylation sites (N-methyl/N-ethyl adjacent to an activating group) is 1. The van der Waals surface area contributed by atoms with Crippen LogP contribution in [0, 0.1) is 0 Å². The highest BCUT2D eigenvalue weighted by molar-refractivity contribution is 5.85. The summed E-state index contributed by atoms with van der Waals surface area (Å²) in [6.45, 7) is 2.20. The van der Waals surface area contributed by atoms with E-state index >= 15 is 0 Å². The zero-order valence-electron chi connectivity index (χ0n) is 8.31. The van der Waals surface area contributed by atoms with Crippen LogP contribution in [0.1, 0.15) is 6.42 Å². The Hall–Kier alpha value is -0.800. The number of hydrogen-bond donors (Lipinski definition) is 1. The van der Waals surface area contributed by atoms with Gasteiger partial charge >= 0.3 is 0 Å². The molecule has 0 aliphatic carbocycles.